The van der Waals surface area contributed by atoms with Crippen LogP contribution >= 0.6 is 35.3 Å². The third kappa shape index (κ3) is 6.35. The topological polar surface area (TPSA) is 48.9 Å². The van der Waals surface area contributed by atoms with Gasteiger partial charge in [0.2, 0.25) is 0 Å². The lowest BCUT2D eigenvalue weighted by molar-refractivity contribution is 0.249. The number of hydrogen-bond acceptors (Lipinski definition) is 4. The molecule has 0 aliphatic carbocycles. The van der Waals surface area contributed by atoms with Crippen molar-refractivity contribution in [1.82, 2.24) is 15.5 Å². The first-order chi connectivity index (χ1) is 13.2. The highest BCUT2D eigenvalue weighted by Crippen LogP contribution is 2.27. The maximum atomic E-state index is 5.37. The second-order valence-electron chi connectivity index (χ2n) is 6.94. The van der Waals surface area contributed by atoms with E-state index in [0.717, 1.165) is 18.3 Å². The van der Waals surface area contributed by atoms with Gasteiger partial charge in [-0.05, 0) is 67.6 Å². The number of benzene rings is 1. The molecule has 1 aliphatic heterocycles. The van der Waals surface area contributed by atoms with Crippen molar-refractivity contribution in [3.05, 3.63) is 51.7 Å². The average molecular weight is 514 g/mol. The summed E-state index contributed by atoms with van der Waals surface area (Å²) >= 11 is 1.84. The molecule has 154 valence electrons. The van der Waals surface area contributed by atoms with Gasteiger partial charge in [0, 0.05) is 25.0 Å². The van der Waals surface area contributed by atoms with E-state index < -0.39 is 0 Å². The Labute approximate surface area is 189 Å². The summed E-state index contributed by atoms with van der Waals surface area (Å²) in [6.07, 6.45) is 2.59. The fourth-order valence-corrected chi connectivity index (χ4v) is 4.45. The van der Waals surface area contributed by atoms with Gasteiger partial charge in [-0.25, -0.2) is 0 Å². The third-order valence-corrected chi connectivity index (χ3v) is 5.92. The molecule has 0 spiro atoms. The van der Waals surface area contributed by atoms with Crippen molar-refractivity contribution in [3.8, 4) is 5.75 Å². The number of halogens is 1. The van der Waals surface area contributed by atoms with Crippen LogP contribution < -0.4 is 15.4 Å². The highest BCUT2D eigenvalue weighted by Gasteiger charge is 2.24. The maximum Gasteiger partial charge on any atom is 0.191 e. The lowest BCUT2D eigenvalue weighted by Crippen LogP contribution is -2.42. The van der Waals surface area contributed by atoms with Gasteiger partial charge < -0.3 is 15.4 Å². The van der Waals surface area contributed by atoms with Crippen LogP contribution in [-0.2, 0) is 6.54 Å². The molecule has 1 aromatic heterocycles. The van der Waals surface area contributed by atoms with Crippen molar-refractivity contribution in [2.24, 2.45) is 4.99 Å². The molecule has 28 heavy (non-hydrogen) atoms. The first kappa shape index (κ1) is 23.0. The van der Waals surface area contributed by atoms with Crippen LogP contribution in [0.15, 0.2) is 40.7 Å². The zero-order valence-electron chi connectivity index (χ0n) is 16.9. The monoisotopic (exact) mass is 514 g/mol. The summed E-state index contributed by atoms with van der Waals surface area (Å²) in [6.45, 7) is 6.02. The van der Waals surface area contributed by atoms with E-state index in [4.69, 9.17) is 4.74 Å². The van der Waals surface area contributed by atoms with Gasteiger partial charge in [-0.2, -0.15) is 0 Å². The van der Waals surface area contributed by atoms with E-state index in [1.807, 2.05) is 24.5 Å². The van der Waals surface area contributed by atoms with Gasteiger partial charge in [-0.15, -0.1) is 35.3 Å². The van der Waals surface area contributed by atoms with E-state index in [9.17, 15) is 0 Å². The molecule has 2 aromatic rings. The number of nitrogens with zero attached hydrogens (tertiary/aromatic N) is 2. The second kappa shape index (κ2) is 11.6. The third-order valence-electron chi connectivity index (χ3n) is 4.95. The summed E-state index contributed by atoms with van der Waals surface area (Å²) in [7, 11) is 3.53. The van der Waals surface area contributed by atoms with Crippen molar-refractivity contribution in [3.63, 3.8) is 0 Å². The molecule has 3 rings (SSSR count). The fraction of sp³-hybridized carbons (Fsp3) is 0.476. The molecule has 0 amide bonds. The minimum absolute atomic E-state index is 0. The minimum Gasteiger partial charge on any atom is -0.497 e. The molecule has 1 aliphatic rings. The number of thiophene rings is 1. The zero-order chi connectivity index (χ0) is 19.1. The largest absolute Gasteiger partial charge is 0.497 e. The number of ether oxygens (including phenoxy) is 1. The molecule has 0 radical (unpaired) electrons. The minimum atomic E-state index is 0. The zero-order valence-corrected chi connectivity index (χ0v) is 20.1. The van der Waals surface area contributed by atoms with Crippen LogP contribution in [0, 0.1) is 6.92 Å². The van der Waals surface area contributed by atoms with E-state index in [1.54, 1.807) is 7.11 Å². The van der Waals surface area contributed by atoms with Crippen LogP contribution in [0.4, 0.5) is 0 Å². The predicted octanol–water partition coefficient (Wildman–Crippen LogP) is 4.19. The summed E-state index contributed by atoms with van der Waals surface area (Å²) in [5, 5.41) is 9.11. The molecule has 1 saturated heterocycles. The SMILES string of the molecule is CN=C(NCc1cc(C)cc(OC)c1)NCC(c1cccs1)N1CCCC1.I. The molecule has 1 aromatic carbocycles. The van der Waals surface area contributed by atoms with Gasteiger partial charge in [0.05, 0.1) is 13.2 Å². The number of guanidine groups is 1. The number of methoxy groups -OCH3 is 1. The Hall–Kier alpha value is -1.32. The molecular formula is C21H31IN4OS. The Morgan fingerprint density at radius 1 is 1.25 bits per heavy atom. The molecule has 7 heteroatoms. The quantitative estimate of drug-likeness (QED) is 0.331. The lowest BCUT2D eigenvalue weighted by atomic mass is 10.1. The van der Waals surface area contributed by atoms with Crippen LogP contribution in [0.2, 0.25) is 0 Å². The number of nitrogens with one attached hydrogen (secondary N) is 2. The van der Waals surface area contributed by atoms with E-state index in [2.05, 4.69) is 57.1 Å². The summed E-state index contributed by atoms with van der Waals surface area (Å²) < 4.78 is 5.37. The van der Waals surface area contributed by atoms with Crippen molar-refractivity contribution in [2.45, 2.75) is 32.4 Å². The summed E-state index contributed by atoms with van der Waals surface area (Å²) in [5.41, 5.74) is 2.38. The molecule has 2 heterocycles. The Balaban J connectivity index is 0.00000280. The second-order valence-corrected chi connectivity index (χ2v) is 7.92. The summed E-state index contributed by atoms with van der Waals surface area (Å²) in [5.74, 6) is 1.72. The lowest BCUT2D eigenvalue weighted by Gasteiger charge is -2.27. The molecule has 1 fully saturated rings. The maximum absolute atomic E-state index is 5.37. The predicted molar refractivity (Wildman–Crippen MR) is 129 cm³/mol. The molecule has 1 atom stereocenters. The molecule has 2 N–H and O–H groups in total. The Morgan fingerprint density at radius 2 is 2.04 bits per heavy atom. The number of aryl methyl sites for hydroxylation is 1. The number of hydrogen-bond donors (Lipinski definition) is 2. The highest BCUT2D eigenvalue weighted by molar-refractivity contribution is 14.0. The van der Waals surface area contributed by atoms with Gasteiger partial charge in [0.25, 0.3) is 0 Å². The first-order valence-electron chi connectivity index (χ1n) is 9.56. The molecule has 1 unspecified atom stereocenters. The normalized spacial score (nSPS) is 15.8. The van der Waals surface area contributed by atoms with E-state index >= 15 is 0 Å². The Kier molecular flexibility index (Phi) is 9.53. The van der Waals surface area contributed by atoms with Crippen LogP contribution in [0.3, 0.4) is 0 Å². The van der Waals surface area contributed by atoms with Crippen LogP contribution in [0.25, 0.3) is 0 Å². The van der Waals surface area contributed by atoms with E-state index in [-0.39, 0.29) is 24.0 Å². The van der Waals surface area contributed by atoms with Crippen LogP contribution in [0.1, 0.15) is 34.9 Å². The van der Waals surface area contributed by atoms with Crippen molar-refractivity contribution >= 4 is 41.3 Å². The average Bonchev–Trinajstić information content (AvgIpc) is 3.38. The Morgan fingerprint density at radius 3 is 2.68 bits per heavy atom. The van der Waals surface area contributed by atoms with Gasteiger partial charge in [-0.3, -0.25) is 9.89 Å². The van der Waals surface area contributed by atoms with Crippen molar-refractivity contribution in [2.75, 3.05) is 33.8 Å². The summed E-state index contributed by atoms with van der Waals surface area (Å²) in [6, 6.07) is 11.1. The summed E-state index contributed by atoms with van der Waals surface area (Å²) in [4.78, 5) is 8.40. The molecule has 0 bridgehead atoms. The fourth-order valence-electron chi connectivity index (χ4n) is 3.59. The van der Waals surface area contributed by atoms with Gasteiger partial charge >= 0.3 is 0 Å². The molecule has 0 saturated carbocycles. The van der Waals surface area contributed by atoms with E-state index in [1.165, 1.54) is 41.9 Å². The number of aliphatic imine (C=N–C) groups is 1. The number of likely N-dealkylation sites (tertiary alicyclic amines) is 1. The van der Waals surface area contributed by atoms with Gasteiger partial charge in [0.1, 0.15) is 5.75 Å². The molecule has 5 nitrogen and oxygen atoms in total. The smallest absolute Gasteiger partial charge is 0.191 e. The van der Waals surface area contributed by atoms with Crippen molar-refractivity contribution < 1.29 is 4.74 Å². The number of rotatable bonds is 7. The first-order valence-corrected chi connectivity index (χ1v) is 10.4. The standard InChI is InChI=1S/C21H30N4OS.HI/c1-16-11-17(13-18(12-16)26-3)14-23-21(22-2)24-15-19(20-7-6-10-27-20)25-8-4-5-9-25;/h6-7,10-13,19H,4-5,8-9,14-15H2,1-3H3,(H2,22,23,24);1H. The Bertz CT molecular complexity index is 745. The van der Waals surface area contributed by atoms with Crippen LogP contribution in [0.5, 0.6) is 5.75 Å². The van der Waals surface area contributed by atoms with Crippen LogP contribution in [-0.4, -0.2) is 44.7 Å². The van der Waals surface area contributed by atoms with E-state index in [0.29, 0.717) is 12.6 Å². The van der Waals surface area contributed by atoms with Crippen molar-refractivity contribution in [1.29, 1.82) is 0 Å². The van der Waals surface area contributed by atoms with Gasteiger partial charge in [-0.1, -0.05) is 12.1 Å². The molecular weight excluding hydrogens is 483 g/mol. The highest BCUT2D eigenvalue weighted by atomic mass is 127. The van der Waals surface area contributed by atoms with Gasteiger partial charge in [0.15, 0.2) is 5.96 Å².